The Balaban J connectivity index is 0.00000180. The number of carbonyl (C=O) groups excluding carboxylic acids is 1. The van der Waals surface area contributed by atoms with Gasteiger partial charge in [0.25, 0.3) is 0 Å². The zero-order valence-electron chi connectivity index (χ0n) is 11.0. The van der Waals surface area contributed by atoms with Crippen molar-refractivity contribution < 1.29 is 4.79 Å². The van der Waals surface area contributed by atoms with E-state index in [0.29, 0.717) is 17.8 Å². The van der Waals surface area contributed by atoms with Gasteiger partial charge in [-0.25, -0.2) is 0 Å². The Labute approximate surface area is 128 Å². The SMILES string of the molecule is Cc1cc(Br)cc(NC(=O)CCC2CCC2)c1N.Cl. The smallest absolute Gasteiger partial charge is 0.224 e. The highest BCUT2D eigenvalue weighted by atomic mass is 79.9. The zero-order valence-corrected chi connectivity index (χ0v) is 13.4. The number of hydrogen-bond donors (Lipinski definition) is 2. The van der Waals surface area contributed by atoms with Gasteiger partial charge in [0, 0.05) is 10.9 Å². The fourth-order valence-corrected chi connectivity index (χ4v) is 2.76. The lowest BCUT2D eigenvalue weighted by molar-refractivity contribution is -0.116. The lowest BCUT2D eigenvalue weighted by Gasteiger charge is -2.24. The van der Waals surface area contributed by atoms with Crippen molar-refractivity contribution in [1.29, 1.82) is 0 Å². The first-order chi connectivity index (χ1) is 8.56. The van der Waals surface area contributed by atoms with Gasteiger partial charge in [0.2, 0.25) is 5.91 Å². The first-order valence-corrected chi connectivity index (χ1v) is 7.21. The highest BCUT2D eigenvalue weighted by Gasteiger charge is 2.18. The van der Waals surface area contributed by atoms with Crippen molar-refractivity contribution in [2.45, 2.75) is 39.0 Å². The third-order valence-electron chi connectivity index (χ3n) is 3.63. The van der Waals surface area contributed by atoms with E-state index in [-0.39, 0.29) is 18.3 Å². The van der Waals surface area contributed by atoms with E-state index in [2.05, 4.69) is 21.2 Å². The van der Waals surface area contributed by atoms with Crippen LogP contribution in [0.1, 0.15) is 37.7 Å². The molecule has 1 aliphatic carbocycles. The molecule has 0 saturated heterocycles. The van der Waals surface area contributed by atoms with E-state index in [4.69, 9.17) is 5.73 Å². The summed E-state index contributed by atoms with van der Waals surface area (Å²) in [6.07, 6.45) is 5.48. The molecule has 0 bridgehead atoms. The molecule has 0 aliphatic heterocycles. The second-order valence-electron chi connectivity index (χ2n) is 5.07. The molecular weight excluding hydrogens is 328 g/mol. The van der Waals surface area contributed by atoms with Crippen LogP contribution >= 0.6 is 28.3 Å². The normalized spacial score (nSPS) is 14.4. The summed E-state index contributed by atoms with van der Waals surface area (Å²) in [6, 6.07) is 3.79. The summed E-state index contributed by atoms with van der Waals surface area (Å²) in [6.45, 7) is 1.93. The van der Waals surface area contributed by atoms with Gasteiger partial charge < -0.3 is 11.1 Å². The Kier molecular flexibility index (Phi) is 6.14. The number of amides is 1. The minimum atomic E-state index is 0. The summed E-state index contributed by atoms with van der Waals surface area (Å²) in [5.74, 6) is 0.823. The number of carbonyl (C=O) groups is 1. The molecular formula is C14H20BrClN2O. The fraction of sp³-hybridized carbons (Fsp3) is 0.500. The molecule has 0 unspecified atom stereocenters. The highest BCUT2D eigenvalue weighted by molar-refractivity contribution is 9.10. The number of nitrogens with one attached hydrogen (secondary N) is 1. The van der Waals surface area contributed by atoms with Crippen molar-refractivity contribution in [3.05, 3.63) is 22.2 Å². The second-order valence-corrected chi connectivity index (χ2v) is 5.98. The van der Waals surface area contributed by atoms with E-state index in [1.807, 2.05) is 19.1 Å². The molecule has 0 atom stereocenters. The zero-order chi connectivity index (χ0) is 13.1. The van der Waals surface area contributed by atoms with Crippen molar-refractivity contribution in [1.82, 2.24) is 0 Å². The number of aryl methyl sites for hydroxylation is 1. The molecule has 0 radical (unpaired) electrons. The summed E-state index contributed by atoms with van der Waals surface area (Å²) in [5, 5.41) is 2.90. The summed E-state index contributed by atoms with van der Waals surface area (Å²) >= 11 is 3.41. The number of rotatable bonds is 4. The molecule has 3 N–H and O–H groups in total. The van der Waals surface area contributed by atoms with E-state index in [1.165, 1.54) is 19.3 Å². The molecule has 1 aromatic rings. The Morgan fingerprint density at radius 1 is 1.47 bits per heavy atom. The minimum absolute atomic E-state index is 0. The van der Waals surface area contributed by atoms with Gasteiger partial charge in [-0.2, -0.15) is 0 Å². The highest BCUT2D eigenvalue weighted by Crippen LogP contribution is 2.31. The maximum Gasteiger partial charge on any atom is 0.224 e. The molecule has 1 fully saturated rings. The van der Waals surface area contributed by atoms with Crippen LogP contribution in [0.15, 0.2) is 16.6 Å². The molecule has 0 aromatic heterocycles. The van der Waals surface area contributed by atoms with Crippen LogP contribution in [-0.2, 0) is 4.79 Å². The van der Waals surface area contributed by atoms with Crippen LogP contribution < -0.4 is 11.1 Å². The Hall–Kier alpha value is -0.740. The second kappa shape index (κ2) is 7.15. The van der Waals surface area contributed by atoms with Crippen LogP contribution in [0.4, 0.5) is 11.4 Å². The monoisotopic (exact) mass is 346 g/mol. The van der Waals surface area contributed by atoms with Crippen LogP contribution in [0, 0.1) is 12.8 Å². The lowest BCUT2D eigenvalue weighted by Crippen LogP contribution is -2.17. The van der Waals surface area contributed by atoms with Crippen molar-refractivity contribution in [3.63, 3.8) is 0 Å². The van der Waals surface area contributed by atoms with Crippen molar-refractivity contribution in [2.24, 2.45) is 5.92 Å². The summed E-state index contributed by atoms with van der Waals surface area (Å²) in [5.41, 5.74) is 8.29. The number of benzene rings is 1. The van der Waals surface area contributed by atoms with Crippen molar-refractivity contribution in [3.8, 4) is 0 Å². The Bertz CT molecular complexity index is 461. The number of anilines is 2. The van der Waals surface area contributed by atoms with E-state index >= 15 is 0 Å². The van der Waals surface area contributed by atoms with Crippen LogP contribution in [0.3, 0.4) is 0 Å². The standard InChI is InChI=1S/C14H19BrN2O.ClH/c1-9-7-11(15)8-12(14(9)16)17-13(18)6-5-10-3-2-4-10;/h7-8,10H,2-6,16H2,1H3,(H,17,18);1H. The van der Waals surface area contributed by atoms with Crippen LogP contribution in [0.5, 0.6) is 0 Å². The van der Waals surface area contributed by atoms with Crippen LogP contribution in [0.2, 0.25) is 0 Å². The van der Waals surface area contributed by atoms with Gasteiger partial charge in [-0.15, -0.1) is 12.4 Å². The predicted molar refractivity (Wildman–Crippen MR) is 85.7 cm³/mol. The molecule has 3 nitrogen and oxygen atoms in total. The summed E-state index contributed by atoms with van der Waals surface area (Å²) in [4.78, 5) is 11.8. The Morgan fingerprint density at radius 3 is 2.74 bits per heavy atom. The van der Waals surface area contributed by atoms with Crippen LogP contribution in [0.25, 0.3) is 0 Å². The molecule has 1 aliphatic rings. The molecule has 19 heavy (non-hydrogen) atoms. The van der Waals surface area contributed by atoms with Gasteiger partial charge in [-0.3, -0.25) is 4.79 Å². The van der Waals surface area contributed by atoms with Gasteiger partial charge >= 0.3 is 0 Å². The van der Waals surface area contributed by atoms with Gasteiger partial charge in [0.15, 0.2) is 0 Å². The molecule has 0 heterocycles. The quantitative estimate of drug-likeness (QED) is 0.799. The predicted octanol–water partition coefficient (Wildman–Crippen LogP) is 4.28. The number of hydrogen-bond acceptors (Lipinski definition) is 2. The van der Waals surface area contributed by atoms with E-state index in [1.54, 1.807) is 0 Å². The van der Waals surface area contributed by atoms with Gasteiger partial charge in [0.1, 0.15) is 0 Å². The lowest BCUT2D eigenvalue weighted by atomic mass is 9.82. The summed E-state index contributed by atoms with van der Waals surface area (Å²) < 4.78 is 0.934. The van der Waals surface area contributed by atoms with Gasteiger partial charge in [-0.05, 0) is 37.0 Å². The topological polar surface area (TPSA) is 55.1 Å². The van der Waals surface area contributed by atoms with Crippen molar-refractivity contribution in [2.75, 3.05) is 11.1 Å². The van der Waals surface area contributed by atoms with E-state index in [0.717, 1.165) is 22.4 Å². The molecule has 5 heteroatoms. The molecule has 1 saturated carbocycles. The van der Waals surface area contributed by atoms with Crippen molar-refractivity contribution >= 4 is 45.6 Å². The molecule has 1 amide bonds. The third-order valence-corrected chi connectivity index (χ3v) is 4.09. The fourth-order valence-electron chi connectivity index (χ4n) is 2.19. The molecule has 1 aromatic carbocycles. The van der Waals surface area contributed by atoms with Gasteiger partial charge in [0.05, 0.1) is 11.4 Å². The van der Waals surface area contributed by atoms with E-state index < -0.39 is 0 Å². The maximum atomic E-state index is 11.8. The average molecular weight is 348 g/mol. The first-order valence-electron chi connectivity index (χ1n) is 6.41. The Morgan fingerprint density at radius 2 is 2.16 bits per heavy atom. The first kappa shape index (κ1) is 16.3. The third kappa shape index (κ3) is 4.39. The average Bonchev–Trinajstić information content (AvgIpc) is 2.23. The van der Waals surface area contributed by atoms with Gasteiger partial charge in [-0.1, -0.05) is 35.2 Å². The number of nitrogens with two attached hydrogens (primary N) is 1. The molecule has 0 spiro atoms. The molecule has 2 rings (SSSR count). The maximum absolute atomic E-state index is 11.8. The summed E-state index contributed by atoms with van der Waals surface area (Å²) in [7, 11) is 0. The minimum Gasteiger partial charge on any atom is -0.397 e. The van der Waals surface area contributed by atoms with Crippen LogP contribution in [-0.4, -0.2) is 5.91 Å². The number of nitrogen functional groups attached to an aromatic ring is 1. The van der Waals surface area contributed by atoms with E-state index in [9.17, 15) is 4.79 Å². The number of halogens is 2. The molecule has 106 valence electrons. The largest absolute Gasteiger partial charge is 0.397 e.